The highest BCUT2D eigenvalue weighted by molar-refractivity contribution is 5.87. The van der Waals surface area contributed by atoms with Crippen LogP contribution in [0.5, 0.6) is 0 Å². The Hall–Kier alpha value is -4.13. The molecule has 0 unspecified atom stereocenters. The molecule has 1 amide bonds. The standard InChI is InChI=1S/C26H24N6O/c1-17-4-3-5-21-14-19(7-9-20(21)8-6-17)16-32-26-24(30-31-32)12-11-23(29-26)22-10-13-25(27-15-22)28-18(2)33/h3-5,7,9-15H,6,8,16H2,1-2H3,(H,27,28,33). The fraction of sp³-hybridized carbons (Fsp3) is 0.192. The van der Waals surface area contributed by atoms with E-state index < -0.39 is 0 Å². The van der Waals surface area contributed by atoms with Crippen LogP contribution in [0.3, 0.4) is 0 Å². The number of pyridine rings is 2. The summed E-state index contributed by atoms with van der Waals surface area (Å²) in [5, 5.41) is 11.3. The summed E-state index contributed by atoms with van der Waals surface area (Å²) < 4.78 is 1.83. The lowest BCUT2D eigenvalue weighted by Gasteiger charge is -2.12. The first kappa shape index (κ1) is 20.8. The highest BCUT2D eigenvalue weighted by Crippen LogP contribution is 2.23. The Morgan fingerprint density at radius 1 is 1.12 bits per heavy atom. The normalized spacial score (nSPS) is 13.2. The van der Waals surface area contributed by atoms with Crippen LogP contribution in [0.15, 0.2) is 66.4 Å². The molecule has 3 aromatic heterocycles. The van der Waals surface area contributed by atoms with Crippen LogP contribution in [-0.2, 0) is 17.8 Å². The summed E-state index contributed by atoms with van der Waals surface area (Å²) in [5.41, 5.74) is 8.26. The van der Waals surface area contributed by atoms with E-state index in [-0.39, 0.29) is 5.91 Å². The third kappa shape index (κ3) is 4.57. The number of hydrogen-bond donors (Lipinski definition) is 1. The van der Waals surface area contributed by atoms with Gasteiger partial charge in [0.2, 0.25) is 5.91 Å². The number of anilines is 1. The highest BCUT2D eigenvalue weighted by Gasteiger charge is 2.11. The zero-order chi connectivity index (χ0) is 22.8. The summed E-state index contributed by atoms with van der Waals surface area (Å²) in [7, 11) is 0. The average molecular weight is 437 g/mol. The number of nitrogens with one attached hydrogen (secondary N) is 1. The first-order chi connectivity index (χ1) is 16.0. The summed E-state index contributed by atoms with van der Waals surface area (Å²) in [5.74, 6) is 0.359. The summed E-state index contributed by atoms with van der Waals surface area (Å²) in [6.45, 7) is 4.22. The molecule has 33 heavy (non-hydrogen) atoms. The first-order valence-electron chi connectivity index (χ1n) is 10.9. The fourth-order valence-electron chi connectivity index (χ4n) is 3.95. The van der Waals surface area contributed by atoms with E-state index in [1.54, 1.807) is 12.3 Å². The molecule has 0 bridgehead atoms. The molecule has 5 rings (SSSR count). The van der Waals surface area contributed by atoms with Crippen molar-refractivity contribution in [3.8, 4) is 11.3 Å². The minimum absolute atomic E-state index is 0.153. The Morgan fingerprint density at radius 3 is 2.85 bits per heavy atom. The van der Waals surface area contributed by atoms with Crippen LogP contribution in [0.2, 0.25) is 0 Å². The van der Waals surface area contributed by atoms with Gasteiger partial charge in [-0.25, -0.2) is 14.6 Å². The van der Waals surface area contributed by atoms with Crippen LogP contribution in [-0.4, -0.2) is 30.9 Å². The van der Waals surface area contributed by atoms with Gasteiger partial charge in [-0.1, -0.05) is 41.1 Å². The van der Waals surface area contributed by atoms with Gasteiger partial charge in [0, 0.05) is 18.7 Å². The van der Waals surface area contributed by atoms with Crippen molar-refractivity contribution < 1.29 is 4.79 Å². The molecule has 7 heteroatoms. The van der Waals surface area contributed by atoms with Crippen LogP contribution in [0.1, 0.15) is 37.0 Å². The van der Waals surface area contributed by atoms with Gasteiger partial charge in [0.15, 0.2) is 5.65 Å². The summed E-state index contributed by atoms with van der Waals surface area (Å²) >= 11 is 0. The molecule has 0 saturated carbocycles. The number of fused-ring (bicyclic) bond motifs is 2. The summed E-state index contributed by atoms with van der Waals surface area (Å²) in [4.78, 5) is 20.3. The smallest absolute Gasteiger partial charge is 0.222 e. The molecule has 0 fully saturated rings. The number of aromatic nitrogens is 5. The summed E-state index contributed by atoms with van der Waals surface area (Å²) in [6, 6.07) is 14.1. The van der Waals surface area contributed by atoms with Gasteiger partial charge < -0.3 is 5.32 Å². The third-order valence-electron chi connectivity index (χ3n) is 5.71. The molecule has 1 aliphatic rings. The molecule has 0 spiro atoms. The third-order valence-corrected chi connectivity index (χ3v) is 5.71. The van der Waals surface area contributed by atoms with Crippen molar-refractivity contribution in [3.63, 3.8) is 0 Å². The predicted molar refractivity (Wildman–Crippen MR) is 130 cm³/mol. The zero-order valence-corrected chi connectivity index (χ0v) is 18.6. The molecule has 1 aliphatic carbocycles. The van der Waals surface area contributed by atoms with E-state index in [4.69, 9.17) is 4.98 Å². The lowest BCUT2D eigenvalue weighted by molar-refractivity contribution is -0.114. The second kappa shape index (κ2) is 8.78. The van der Waals surface area contributed by atoms with Crippen LogP contribution >= 0.6 is 0 Å². The van der Waals surface area contributed by atoms with Crippen molar-refractivity contribution in [2.24, 2.45) is 0 Å². The topological polar surface area (TPSA) is 85.6 Å². The second-order valence-electron chi connectivity index (χ2n) is 8.30. The Morgan fingerprint density at radius 2 is 2.03 bits per heavy atom. The van der Waals surface area contributed by atoms with Crippen molar-refractivity contribution in [1.29, 1.82) is 0 Å². The quantitative estimate of drug-likeness (QED) is 0.497. The highest BCUT2D eigenvalue weighted by atomic mass is 16.1. The second-order valence-corrected chi connectivity index (χ2v) is 8.30. The van der Waals surface area contributed by atoms with Crippen molar-refractivity contribution in [1.82, 2.24) is 25.0 Å². The molecule has 0 radical (unpaired) electrons. The molecule has 4 aromatic rings. The van der Waals surface area contributed by atoms with Crippen molar-refractivity contribution in [2.75, 3.05) is 5.32 Å². The number of nitrogens with zero attached hydrogens (tertiary/aromatic N) is 5. The number of hydrogen-bond acceptors (Lipinski definition) is 5. The lowest BCUT2D eigenvalue weighted by Crippen LogP contribution is -2.07. The fourth-order valence-corrected chi connectivity index (χ4v) is 3.95. The number of amides is 1. The largest absolute Gasteiger partial charge is 0.311 e. The molecule has 0 atom stereocenters. The monoisotopic (exact) mass is 436 g/mol. The number of carbonyl (C=O) groups is 1. The van der Waals surface area contributed by atoms with Crippen LogP contribution in [0.4, 0.5) is 5.82 Å². The van der Waals surface area contributed by atoms with Crippen LogP contribution in [0.25, 0.3) is 28.5 Å². The van der Waals surface area contributed by atoms with Gasteiger partial charge >= 0.3 is 0 Å². The van der Waals surface area contributed by atoms with E-state index in [1.807, 2.05) is 22.9 Å². The average Bonchev–Trinajstić information content (AvgIpc) is 3.19. The van der Waals surface area contributed by atoms with E-state index in [9.17, 15) is 4.79 Å². The molecule has 7 nitrogen and oxygen atoms in total. The Kier molecular flexibility index (Phi) is 5.52. The van der Waals surface area contributed by atoms with Gasteiger partial charge in [-0.2, -0.15) is 0 Å². The van der Waals surface area contributed by atoms with E-state index in [0.29, 0.717) is 12.4 Å². The van der Waals surface area contributed by atoms with Crippen LogP contribution < -0.4 is 5.32 Å². The maximum Gasteiger partial charge on any atom is 0.222 e. The van der Waals surface area contributed by atoms with Crippen molar-refractivity contribution in [2.45, 2.75) is 33.2 Å². The predicted octanol–water partition coefficient (Wildman–Crippen LogP) is 4.80. The molecular formula is C26H24N6O. The van der Waals surface area contributed by atoms with E-state index in [1.165, 1.54) is 23.6 Å². The van der Waals surface area contributed by atoms with Crippen molar-refractivity contribution in [3.05, 3.63) is 83.1 Å². The molecular weight excluding hydrogens is 412 g/mol. The Balaban J connectivity index is 1.43. The van der Waals surface area contributed by atoms with Gasteiger partial charge in [-0.15, -0.1) is 5.10 Å². The number of allylic oxidation sites excluding steroid dienone is 3. The molecule has 3 heterocycles. The molecule has 1 N–H and O–H groups in total. The maximum absolute atomic E-state index is 11.2. The summed E-state index contributed by atoms with van der Waals surface area (Å²) in [6.07, 6.45) is 10.3. The zero-order valence-electron chi connectivity index (χ0n) is 18.6. The number of rotatable bonds is 4. The van der Waals surface area contributed by atoms with Gasteiger partial charge in [-0.3, -0.25) is 4.79 Å². The van der Waals surface area contributed by atoms with E-state index in [2.05, 4.69) is 64.0 Å². The van der Waals surface area contributed by atoms with E-state index >= 15 is 0 Å². The van der Waals surface area contributed by atoms with Gasteiger partial charge in [0.25, 0.3) is 0 Å². The maximum atomic E-state index is 11.2. The van der Waals surface area contributed by atoms with Crippen molar-refractivity contribution >= 4 is 29.0 Å². The van der Waals surface area contributed by atoms with E-state index in [0.717, 1.165) is 40.8 Å². The minimum Gasteiger partial charge on any atom is -0.311 e. The number of carbonyl (C=O) groups excluding carboxylic acids is 1. The van der Waals surface area contributed by atoms with Crippen LogP contribution in [0, 0.1) is 0 Å². The molecule has 0 saturated heterocycles. The Labute approximate surface area is 191 Å². The van der Waals surface area contributed by atoms with Gasteiger partial charge in [-0.05, 0) is 66.8 Å². The lowest BCUT2D eigenvalue weighted by atomic mass is 9.96. The molecule has 164 valence electrons. The first-order valence-corrected chi connectivity index (χ1v) is 10.9. The van der Waals surface area contributed by atoms with Gasteiger partial charge in [0.05, 0.1) is 12.2 Å². The molecule has 0 aliphatic heterocycles. The molecule has 1 aromatic carbocycles. The number of benzene rings is 1. The minimum atomic E-state index is -0.153. The number of aryl methyl sites for hydroxylation is 1. The Bertz CT molecular complexity index is 1400. The van der Waals surface area contributed by atoms with Gasteiger partial charge in [0.1, 0.15) is 11.3 Å². The SMILES string of the molecule is CC(=O)Nc1ccc(-c2ccc3nnn(Cc4ccc5c(c4)C=CC=C(C)CC5)c3n2)cn1.